The number of halogens is 1. The minimum absolute atomic E-state index is 0.0323. The van der Waals surface area contributed by atoms with E-state index in [2.05, 4.69) is 21.2 Å². The third-order valence-corrected chi connectivity index (χ3v) is 6.04. The summed E-state index contributed by atoms with van der Waals surface area (Å²) in [6, 6.07) is 1.21. The van der Waals surface area contributed by atoms with Gasteiger partial charge < -0.3 is 10.2 Å². The molecule has 1 N–H and O–H groups in total. The van der Waals surface area contributed by atoms with Crippen molar-refractivity contribution >= 4 is 39.1 Å². The number of hydrogen-bond donors (Lipinski definition) is 1. The topological polar surface area (TPSA) is 49.4 Å². The number of hydrogen-bond acceptors (Lipinski definition) is 3. The van der Waals surface area contributed by atoms with Gasteiger partial charge in [-0.05, 0) is 39.7 Å². The van der Waals surface area contributed by atoms with Crippen LogP contribution in [-0.2, 0) is 16.1 Å². The molecule has 116 valence electrons. The second-order valence-corrected chi connectivity index (χ2v) is 7.31. The van der Waals surface area contributed by atoms with Gasteiger partial charge in [0.2, 0.25) is 11.8 Å². The molecule has 2 heterocycles. The molecule has 0 saturated carbocycles. The van der Waals surface area contributed by atoms with Crippen LogP contribution in [0.3, 0.4) is 0 Å². The van der Waals surface area contributed by atoms with Crippen LogP contribution in [0.15, 0.2) is 15.9 Å². The number of nitrogens with zero attached hydrogens (tertiary/aromatic N) is 1. The maximum absolute atomic E-state index is 12.8. The molecule has 1 aliphatic rings. The van der Waals surface area contributed by atoms with Gasteiger partial charge in [-0.3, -0.25) is 9.59 Å². The van der Waals surface area contributed by atoms with Crippen LogP contribution in [0, 0.1) is 5.92 Å². The van der Waals surface area contributed by atoms with E-state index in [4.69, 9.17) is 0 Å². The van der Waals surface area contributed by atoms with Gasteiger partial charge in [0.25, 0.3) is 0 Å². The Balaban J connectivity index is 2.26. The molecule has 2 amide bonds. The minimum Gasteiger partial charge on any atom is -0.342 e. The number of carbonyl (C=O) groups is 2. The summed E-state index contributed by atoms with van der Waals surface area (Å²) in [7, 11) is 0. The van der Waals surface area contributed by atoms with Crippen LogP contribution in [0.5, 0.6) is 0 Å². The van der Waals surface area contributed by atoms with Gasteiger partial charge in [-0.25, -0.2) is 0 Å². The molecule has 3 unspecified atom stereocenters. The molecule has 0 aliphatic carbocycles. The van der Waals surface area contributed by atoms with Crippen LogP contribution in [0.4, 0.5) is 0 Å². The lowest BCUT2D eigenvalue weighted by atomic mass is 9.93. The molecule has 0 bridgehead atoms. The van der Waals surface area contributed by atoms with E-state index < -0.39 is 6.04 Å². The number of amides is 2. The maximum atomic E-state index is 12.8. The van der Waals surface area contributed by atoms with Gasteiger partial charge in [-0.2, -0.15) is 0 Å². The minimum atomic E-state index is -0.399. The standard InChI is InChI=1S/C15H21BrN2O2S/c1-4-9(3)13-15(20)18(11(5-2)14(19)17-13)8-12-10(16)6-7-21-12/h6-7,9,11,13H,4-5,8H2,1-3H3,(H,17,19). The number of piperazine rings is 1. The first-order valence-electron chi connectivity index (χ1n) is 7.32. The van der Waals surface area contributed by atoms with Crippen LogP contribution < -0.4 is 5.32 Å². The first kappa shape index (κ1) is 16.5. The van der Waals surface area contributed by atoms with Crippen LogP contribution in [0.1, 0.15) is 38.5 Å². The predicted molar refractivity (Wildman–Crippen MR) is 88.0 cm³/mol. The zero-order valence-electron chi connectivity index (χ0n) is 12.6. The van der Waals surface area contributed by atoms with Crippen molar-refractivity contribution in [1.82, 2.24) is 10.2 Å². The molecule has 0 radical (unpaired) electrons. The van der Waals surface area contributed by atoms with Crippen LogP contribution in [0.25, 0.3) is 0 Å². The second kappa shape index (κ2) is 6.92. The van der Waals surface area contributed by atoms with Gasteiger partial charge in [0.15, 0.2) is 0 Å². The average molecular weight is 373 g/mol. The monoisotopic (exact) mass is 372 g/mol. The summed E-state index contributed by atoms with van der Waals surface area (Å²) in [6.07, 6.45) is 1.50. The molecule has 21 heavy (non-hydrogen) atoms. The molecule has 6 heteroatoms. The lowest BCUT2D eigenvalue weighted by Gasteiger charge is -2.40. The van der Waals surface area contributed by atoms with Gasteiger partial charge in [0.05, 0.1) is 6.54 Å². The lowest BCUT2D eigenvalue weighted by Crippen LogP contribution is -2.64. The highest BCUT2D eigenvalue weighted by Crippen LogP contribution is 2.28. The van der Waals surface area contributed by atoms with Crippen molar-refractivity contribution in [1.29, 1.82) is 0 Å². The molecule has 2 rings (SSSR count). The van der Waals surface area contributed by atoms with Crippen molar-refractivity contribution in [2.45, 2.75) is 52.2 Å². The van der Waals surface area contributed by atoms with E-state index in [-0.39, 0.29) is 23.8 Å². The molecule has 3 atom stereocenters. The SMILES string of the molecule is CCC(C)C1NC(=O)C(CC)N(Cc2sccc2Br)C1=O. The fourth-order valence-corrected chi connectivity index (χ4v) is 4.07. The number of thiophene rings is 1. The van der Waals surface area contributed by atoms with E-state index in [0.29, 0.717) is 13.0 Å². The fraction of sp³-hybridized carbons (Fsp3) is 0.600. The fourth-order valence-electron chi connectivity index (χ4n) is 2.59. The van der Waals surface area contributed by atoms with Gasteiger partial charge in [-0.15, -0.1) is 11.3 Å². The normalized spacial score (nSPS) is 24.1. The first-order valence-corrected chi connectivity index (χ1v) is 8.99. The largest absolute Gasteiger partial charge is 0.342 e. The lowest BCUT2D eigenvalue weighted by molar-refractivity contribution is -0.151. The molecule has 1 aromatic heterocycles. The van der Waals surface area contributed by atoms with E-state index >= 15 is 0 Å². The van der Waals surface area contributed by atoms with E-state index in [1.807, 2.05) is 32.2 Å². The third kappa shape index (κ3) is 3.31. The Kier molecular flexibility index (Phi) is 5.43. The molecule has 0 aromatic carbocycles. The van der Waals surface area contributed by atoms with Crippen molar-refractivity contribution in [2.24, 2.45) is 5.92 Å². The molecule has 1 fully saturated rings. The van der Waals surface area contributed by atoms with Gasteiger partial charge in [0, 0.05) is 9.35 Å². The summed E-state index contributed by atoms with van der Waals surface area (Å²) < 4.78 is 1.00. The summed E-state index contributed by atoms with van der Waals surface area (Å²) >= 11 is 5.10. The summed E-state index contributed by atoms with van der Waals surface area (Å²) in [5.74, 6) is 0.153. The quantitative estimate of drug-likeness (QED) is 0.862. The third-order valence-electron chi connectivity index (χ3n) is 4.13. The van der Waals surface area contributed by atoms with Crippen molar-refractivity contribution in [3.63, 3.8) is 0 Å². The summed E-state index contributed by atoms with van der Waals surface area (Å²) in [5, 5.41) is 4.89. The average Bonchev–Trinajstić information content (AvgIpc) is 2.87. The smallest absolute Gasteiger partial charge is 0.246 e. The van der Waals surface area contributed by atoms with Crippen LogP contribution in [-0.4, -0.2) is 28.8 Å². The van der Waals surface area contributed by atoms with Crippen molar-refractivity contribution < 1.29 is 9.59 Å². The summed E-state index contributed by atoms with van der Waals surface area (Å²) in [6.45, 7) is 6.48. The Labute approximate surface area is 138 Å². The van der Waals surface area contributed by atoms with E-state index in [1.54, 1.807) is 16.2 Å². The zero-order valence-corrected chi connectivity index (χ0v) is 15.0. The highest BCUT2D eigenvalue weighted by molar-refractivity contribution is 9.10. The maximum Gasteiger partial charge on any atom is 0.246 e. The van der Waals surface area contributed by atoms with E-state index in [1.165, 1.54) is 0 Å². The molecule has 0 spiro atoms. The van der Waals surface area contributed by atoms with Crippen molar-refractivity contribution in [3.8, 4) is 0 Å². The van der Waals surface area contributed by atoms with Crippen LogP contribution in [0.2, 0.25) is 0 Å². The van der Waals surface area contributed by atoms with Crippen molar-refractivity contribution in [2.75, 3.05) is 0 Å². The number of rotatable bonds is 5. The van der Waals surface area contributed by atoms with Gasteiger partial charge in [0.1, 0.15) is 12.1 Å². The Morgan fingerprint density at radius 1 is 1.43 bits per heavy atom. The molecule has 1 aliphatic heterocycles. The molecule has 4 nitrogen and oxygen atoms in total. The van der Waals surface area contributed by atoms with Crippen molar-refractivity contribution in [3.05, 3.63) is 20.8 Å². The van der Waals surface area contributed by atoms with E-state index in [0.717, 1.165) is 15.8 Å². The number of nitrogens with one attached hydrogen (secondary N) is 1. The van der Waals surface area contributed by atoms with E-state index in [9.17, 15) is 9.59 Å². The van der Waals surface area contributed by atoms with Crippen LogP contribution >= 0.6 is 27.3 Å². The Morgan fingerprint density at radius 3 is 2.67 bits per heavy atom. The Bertz CT molecular complexity index is 531. The van der Waals surface area contributed by atoms with Gasteiger partial charge in [-0.1, -0.05) is 27.2 Å². The number of carbonyl (C=O) groups excluding carboxylic acids is 2. The Hall–Kier alpha value is -0.880. The first-order chi connectivity index (χ1) is 9.99. The predicted octanol–water partition coefficient (Wildman–Crippen LogP) is 3.16. The highest BCUT2D eigenvalue weighted by Gasteiger charge is 2.41. The molecular weight excluding hydrogens is 352 g/mol. The van der Waals surface area contributed by atoms with Gasteiger partial charge >= 0.3 is 0 Å². The summed E-state index contributed by atoms with van der Waals surface area (Å²) in [5.41, 5.74) is 0. The second-order valence-electron chi connectivity index (χ2n) is 5.45. The Morgan fingerprint density at radius 2 is 2.14 bits per heavy atom. The summed E-state index contributed by atoms with van der Waals surface area (Å²) in [4.78, 5) is 27.9. The zero-order chi connectivity index (χ0) is 15.6. The molecule has 1 aromatic rings. The molecule has 1 saturated heterocycles. The highest BCUT2D eigenvalue weighted by atomic mass is 79.9. The molecular formula is C15H21BrN2O2S.